The number of imide groups is 1. The molecule has 302 valence electrons. The van der Waals surface area contributed by atoms with Crippen LogP contribution in [0.1, 0.15) is 63.0 Å². The first-order valence-corrected chi connectivity index (χ1v) is 18.9. The van der Waals surface area contributed by atoms with Crippen LogP contribution in [0.4, 0.5) is 11.4 Å². The van der Waals surface area contributed by atoms with E-state index in [1.54, 1.807) is 42.5 Å². The number of carbonyl (C=O) groups is 5. The molecule has 4 aromatic rings. The Hall–Kier alpha value is -6.19. The summed E-state index contributed by atoms with van der Waals surface area (Å²) in [6.07, 6.45) is 0.507. The SMILES string of the molecule is CCNC(=O)c1ccc(CN2C(=O)c3cccc4c(NCCc5cc(OCC)c(N(CCOCC(=O)O)CCOCC(=O)O)cc5OCC)ccc(c34)C2=O)cc1. The first-order chi connectivity index (χ1) is 27.6. The highest BCUT2D eigenvalue weighted by Crippen LogP contribution is 2.38. The number of amides is 3. The molecule has 3 amide bonds. The molecule has 0 bridgehead atoms. The quantitative estimate of drug-likeness (QED) is 0.0590. The highest BCUT2D eigenvalue weighted by Gasteiger charge is 2.33. The zero-order valence-electron chi connectivity index (χ0n) is 32.3. The molecule has 1 aliphatic heterocycles. The lowest BCUT2D eigenvalue weighted by Gasteiger charge is -2.28. The molecule has 0 spiro atoms. The Morgan fingerprint density at radius 2 is 1.40 bits per heavy atom. The third kappa shape index (κ3) is 10.6. The fourth-order valence-corrected chi connectivity index (χ4v) is 6.60. The number of anilines is 2. The summed E-state index contributed by atoms with van der Waals surface area (Å²) in [4.78, 5) is 64.9. The highest BCUT2D eigenvalue weighted by atomic mass is 16.5. The van der Waals surface area contributed by atoms with Gasteiger partial charge in [-0.3, -0.25) is 19.3 Å². The molecule has 0 unspecified atom stereocenters. The minimum Gasteiger partial charge on any atom is -0.494 e. The average molecular weight is 785 g/mol. The third-order valence-electron chi connectivity index (χ3n) is 9.14. The zero-order chi connectivity index (χ0) is 40.9. The summed E-state index contributed by atoms with van der Waals surface area (Å²) in [7, 11) is 0. The molecule has 4 N–H and O–H groups in total. The third-order valence-corrected chi connectivity index (χ3v) is 9.14. The van der Waals surface area contributed by atoms with Crippen molar-refractivity contribution in [2.75, 3.05) is 76.0 Å². The van der Waals surface area contributed by atoms with E-state index in [1.807, 2.05) is 49.9 Å². The highest BCUT2D eigenvalue weighted by molar-refractivity contribution is 6.26. The topological polar surface area (TPSA) is 193 Å². The van der Waals surface area contributed by atoms with E-state index in [2.05, 4.69) is 10.6 Å². The van der Waals surface area contributed by atoms with Gasteiger partial charge in [0.25, 0.3) is 17.7 Å². The summed E-state index contributed by atoms with van der Waals surface area (Å²) in [5, 5.41) is 25.6. The van der Waals surface area contributed by atoms with E-state index in [-0.39, 0.29) is 38.8 Å². The van der Waals surface area contributed by atoms with Crippen LogP contribution in [-0.2, 0) is 32.0 Å². The van der Waals surface area contributed by atoms with Gasteiger partial charge in [-0.05, 0) is 74.7 Å². The van der Waals surface area contributed by atoms with Crippen molar-refractivity contribution in [2.45, 2.75) is 33.7 Å². The number of hydrogen-bond donors (Lipinski definition) is 4. The molecule has 57 heavy (non-hydrogen) atoms. The van der Waals surface area contributed by atoms with Crippen LogP contribution in [0.5, 0.6) is 11.5 Å². The average Bonchev–Trinajstić information content (AvgIpc) is 3.19. The number of carboxylic acid groups (broad SMARTS) is 2. The van der Waals surface area contributed by atoms with Crippen molar-refractivity contribution < 1.29 is 53.1 Å². The van der Waals surface area contributed by atoms with Crippen LogP contribution in [0.15, 0.2) is 66.7 Å². The maximum Gasteiger partial charge on any atom is 0.329 e. The minimum absolute atomic E-state index is 0.0582. The Labute approximate surface area is 330 Å². The largest absolute Gasteiger partial charge is 0.494 e. The first kappa shape index (κ1) is 42.0. The van der Waals surface area contributed by atoms with Gasteiger partial charge in [0.05, 0.1) is 38.7 Å². The second kappa shape index (κ2) is 20.1. The molecule has 1 heterocycles. The summed E-state index contributed by atoms with van der Waals surface area (Å²) < 4.78 is 22.7. The van der Waals surface area contributed by atoms with Gasteiger partial charge in [0.2, 0.25) is 0 Å². The smallest absolute Gasteiger partial charge is 0.329 e. The molecule has 0 saturated heterocycles. The van der Waals surface area contributed by atoms with Gasteiger partial charge in [0, 0.05) is 65.4 Å². The minimum atomic E-state index is -1.09. The number of nitrogens with one attached hydrogen (secondary N) is 2. The standard InChI is InChI=1S/C42H48N4O11/c1-4-43-40(51)28-12-10-27(11-13-28)24-46-41(52)31-9-7-8-30-33(15-14-32(39(30)31)42(46)53)44-17-16-29-22-36(57-6-3)34(23-35(29)56-5-2)45(18-20-54-25-37(47)48)19-21-55-26-38(49)50/h7-15,22-23,44H,4-6,16-21,24-26H2,1-3H3,(H,43,51)(H,47,48)(H,49,50). The van der Waals surface area contributed by atoms with Crippen molar-refractivity contribution in [3.05, 3.63) is 94.5 Å². The van der Waals surface area contributed by atoms with E-state index in [1.165, 1.54) is 4.90 Å². The monoisotopic (exact) mass is 784 g/mol. The second-order valence-electron chi connectivity index (χ2n) is 13.0. The summed E-state index contributed by atoms with van der Waals surface area (Å²) in [6, 6.07) is 19.5. The molecule has 0 saturated carbocycles. The van der Waals surface area contributed by atoms with E-state index in [4.69, 9.17) is 29.2 Å². The fraction of sp³-hybridized carbons (Fsp3) is 0.357. The van der Waals surface area contributed by atoms with Gasteiger partial charge < -0.3 is 44.7 Å². The Balaban J connectivity index is 1.34. The van der Waals surface area contributed by atoms with Crippen molar-refractivity contribution in [2.24, 2.45) is 0 Å². The lowest BCUT2D eigenvalue weighted by Crippen LogP contribution is -2.39. The van der Waals surface area contributed by atoms with Crippen molar-refractivity contribution in [3.63, 3.8) is 0 Å². The van der Waals surface area contributed by atoms with Gasteiger partial charge in [-0.15, -0.1) is 0 Å². The molecular formula is C42H48N4O11. The number of ether oxygens (including phenoxy) is 4. The van der Waals surface area contributed by atoms with Crippen molar-refractivity contribution in [3.8, 4) is 11.5 Å². The van der Waals surface area contributed by atoms with E-state index < -0.39 is 37.0 Å². The molecule has 0 aromatic heterocycles. The number of carbonyl (C=O) groups excluding carboxylic acids is 3. The molecule has 1 aliphatic rings. The van der Waals surface area contributed by atoms with Crippen molar-refractivity contribution in [1.29, 1.82) is 0 Å². The van der Waals surface area contributed by atoms with Crippen LogP contribution in [-0.4, -0.2) is 111 Å². The molecule has 0 atom stereocenters. The predicted molar refractivity (Wildman–Crippen MR) is 213 cm³/mol. The predicted octanol–water partition coefficient (Wildman–Crippen LogP) is 4.85. The van der Waals surface area contributed by atoms with Crippen LogP contribution in [0.2, 0.25) is 0 Å². The van der Waals surface area contributed by atoms with Crippen LogP contribution in [0.3, 0.4) is 0 Å². The van der Waals surface area contributed by atoms with E-state index in [0.717, 1.165) is 16.6 Å². The summed E-state index contributed by atoms with van der Waals surface area (Å²) in [5.74, 6) is -2.02. The van der Waals surface area contributed by atoms with Gasteiger partial charge in [-0.1, -0.05) is 24.3 Å². The Bertz CT molecular complexity index is 2040. The summed E-state index contributed by atoms with van der Waals surface area (Å²) >= 11 is 0. The number of benzene rings is 4. The lowest BCUT2D eigenvalue weighted by molar-refractivity contribution is -0.142. The molecular weight excluding hydrogens is 736 g/mol. The summed E-state index contributed by atoms with van der Waals surface area (Å²) in [6.45, 7) is 7.14. The first-order valence-electron chi connectivity index (χ1n) is 18.9. The van der Waals surface area contributed by atoms with Gasteiger partial charge in [-0.2, -0.15) is 0 Å². The molecule has 15 nitrogen and oxygen atoms in total. The Morgan fingerprint density at radius 1 is 0.772 bits per heavy atom. The molecule has 5 rings (SSSR count). The zero-order valence-corrected chi connectivity index (χ0v) is 32.3. The van der Waals surface area contributed by atoms with E-state index in [0.29, 0.717) is 77.6 Å². The maximum atomic E-state index is 13.8. The van der Waals surface area contributed by atoms with Crippen molar-refractivity contribution >= 4 is 51.8 Å². The normalized spacial score (nSPS) is 12.1. The molecule has 4 aromatic carbocycles. The fourth-order valence-electron chi connectivity index (χ4n) is 6.60. The lowest BCUT2D eigenvalue weighted by atomic mass is 9.92. The van der Waals surface area contributed by atoms with Crippen LogP contribution < -0.4 is 25.0 Å². The number of nitrogens with zero attached hydrogens (tertiary/aromatic N) is 2. The Morgan fingerprint density at radius 3 is 2.02 bits per heavy atom. The maximum absolute atomic E-state index is 13.8. The molecule has 15 heteroatoms. The second-order valence-corrected chi connectivity index (χ2v) is 13.0. The van der Waals surface area contributed by atoms with Crippen LogP contribution in [0.25, 0.3) is 10.8 Å². The van der Waals surface area contributed by atoms with Gasteiger partial charge >= 0.3 is 11.9 Å². The van der Waals surface area contributed by atoms with Crippen molar-refractivity contribution in [1.82, 2.24) is 10.2 Å². The number of rotatable bonds is 23. The number of aliphatic carboxylic acids is 2. The van der Waals surface area contributed by atoms with Crippen LogP contribution in [0, 0.1) is 0 Å². The number of carboxylic acids is 2. The van der Waals surface area contributed by atoms with Gasteiger partial charge in [0.15, 0.2) is 0 Å². The molecule has 0 radical (unpaired) electrons. The molecule has 0 aliphatic carbocycles. The van der Waals surface area contributed by atoms with E-state index >= 15 is 0 Å². The Kier molecular flexibility index (Phi) is 14.8. The van der Waals surface area contributed by atoms with Gasteiger partial charge in [-0.25, -0.2) is 9.59 Å². The van der Waals surface area contributed by atoms with E-state index in [9.17, 15) is 24.0 Å². The molecule has 0 fully saturated rings. The van der Waals surface area contributed by atoms with Gasteiger partial charge in [0.1, 0.15) is 24.7 Å². The van der Waals surface area contributed by atoms with Crippen LogP contribution >= 0.6 is 0 Å². The number of hydrogen-bond acceptors (Lipinski definition) is 11. The summed E-state index contributed by atoms with van der Waals surface area (Å²) in [5.41, 5.74) is 4.31.